The van der Waals surface area contributed by atoms with Crippen molar-refractivity contribution in [3.05, 3.63) is 60.8 Å². The quantitative estimate of drug-likeness (QED) is 0.937. The van der Waals surface area contributed by atoms with Crippen LogP contribution in [0.2, 0.25) is 10.0 Å². The first kappa shape index (κ1) is 15.7. The van der Waals surface area contributed by atoms with Crippen molar-refractivity contribution in [1.82, 2.24) is 9.13 Å². The van der Waals surface area contributed by atoms with Gasteiger partial charge < -0.3 is 5.73 Å². The highest BCUT2D eigenvalue weighted by molar-refractivity contribution is 6.35. The van der Waals surface area contributed by atoms with Crippen molar-refractivity contribution in [1.29, 1.82) is 0 Å². The summed E-state index contributed by atoms with van der Waals surface area (Å²) >= 11 is 12.2. The van der Waals surface area contributed by atoms with Crippen molar-refractivity contribution in [2.45, 2.75) is 26.4 Å². The van der Waals surface area contributed by atoms with Gasteiger partial charge in [0.2, 0.25) is 0 Å². The summed E-state index contributed by atoms with van der Waals surface area (Å²) < 4.78 is 2.47. The van der Waals surface area contributed by atoms with Crippen LogP contribution in [0.25, 0.3) is 0 Å². The molecule has 1 aromatic carbocycles. The van der Waals surface area contributed by atoms with Gasteiger partial charge in [-0.05, 0) is 18.6 Å². The van der Waals surface area contributed by atoms with Crippen LogP contribution in [-0.2, 0) is 13.1 Å². The fraction of sp³-hybridized carbons (Fsp3) is 0.286. The number of halogens is 2. The Hall–Kier alpha value is -1.72. The highest BCUT2D eigenvalue weighted by atomic mass is 35.5. The normalized spacial score (nSPS) is 10.8. The molecule has 2 N–H and O–H groups in total. The Kier molecular flexibility index (Phi) is 4.75. The molecule has 0 spiro atoms. The predicted octanol–water partition coefficient (Wildman–Crippen LogP) is 2.36. The number of hydrogen-bond donors (Lipinski definition) is 1. The molecule has 1 heterocycles. The monoisotopic (exact) mass is 327 g/mol. The maximum absolute atomic E-state index is 12.3. The van der Waals surface area contributed by atoms with Gasteiger partial charge in [-0.3, -0.25) is 13.9 Å². The summed E-state index contributed by atoms with van der Waals surface area (Å²) in [5.74, 6) is 0. The summed E-state index contributed by atoms with van der Waals surface area (Å²) in [6, 6.07) is 5.01. The van der Waals surface area contributed by atoms with Gasteiger partial charge in [0.05, 0.1) is 6.54 Å². The molecule has 5 nitrogen and oxygen atoms in total. The van der Waals surface area contributed by atoms with Crippen LogP contribution in [0.1, 0.15) is 18.9 Å². The minimum atomic E-state index is -0.539. The second-order valence-electron chi connectivity index (χ2n) is 4.65. The van der Waals surface area contributed by atoms with Crippen LogP contribution in [0.3, 0.4) is 0 Å². The SMILES string of the molecule is CCCn1cc(N)c(=O)n(Cc2c(Cl)cccc2Cl)c1=O. The summed E-state index contributed by atoms with van der Waals surface area (Å²) in [6.07, 6.45) is 2.13. The summed E-state index contributed by atoms with van der Waals surface area (Å²) in [5, 5.41) is 0.802. The number of hydrogen-bond acceptors (Lipinski definition) is 3. The molecule has 2 rings (SSSR count). The number of rotatable bonds is 4. The molecule has 21 heavy (non-hydrogen) atoms. The van der Waals surface area contributed by atoms with Crippen molar-refractivity contribution in [3.8, 4) is 0 Å². The minimum Gasteiger partial charge on any atom is -0.393 e. The first-order chi connectivity index (χ1) is 9.95. The minimum absolute atomic E-state index is 0.00900. The van der Waals surface area contributed by atoms with Crippen molar-refractivity contribution in [3.63, 3.8) is 0 Å². The lowest BCUT2D eigenvalue weighted by Gasteiger charge is -2.12. The fourth-order valence-corrected chi connectivity index (χ4v) is 2.58. The second-order valence-corrected chi connectivity index (χ2v) is 5.47. The zero-order valence-electron chi connectivity index (χ0n) is 11.5. The summed E-state index contributed by atoms with van der Waals surface area (Å²) in [5.41, 5.74) is 5.27. The number of nitrogens with two attached hydrogens (primary N) is 1. The molecule has 112 valence electrons. The molecule has 0 fully saturated rings. The molecular weight excluding hydrogens is 313 g/mol. The van der Waals surface area contributed by atoms with Gasteiger partial charge in [-0.2, -0.15) is 0 Å². The molecule has 0 bridgehead atoms. The predicted molar refractivity (Wildman–Crippen MR) is 85.2 cm³/mol. The Labute approximate surface area is 131 Å². The molecule has 2 aromatic rings. The molecule has 0 atom stereocenters. The van der Waals surface area contributed by atoms with E-state index in [0.29, 0.717) is 22.2 Å². The Morgan fingerprint density at radius 1 is 1.19 bits per heavy atom. The van der Waals surface area contributed by atoms with E-state index in [4.69, 9.17) is 28.9 Å². The fourth-order valence-electron chi connectivity index (χ4n) is 2.06. The molecular formula is C14H15Cl2N3O2. The van der Waals surface area contributed by atoms with Crippen LogP contribution in [0, 0.1) is 0 Å². The first-order valence-electron chi connectivity index (χ1n) is 6.48. The lowest BCUT2D eigenvalue weighted by molar-refractivity contribution is 0.573. The first-order valence-corrected chi connectivity index (χ1v) is 7.24. The highest BCUT2D eigenvalue weighted by Gasteiger charge is 2.13. The molecule has 0 saturated carbocycles. The van der Waals surface area contributed by atoms with E-state index in [1.165, 1.54) is 10.8 Å². The van der Waals surface area contributed by atoms with Crippen molar-refractivity contribution in [2.75, 3.05) is 5.73 Å². The van der Waals surface area contributed by atoms with E-state index in [1.54, 1.807) is 18.2 Å². The van der Waals surface area contributed by atoms with Gasteiger partial charge in [-0.1, -0.05) is 36.2 Å². The molecule has 0 aliphatic heterocycles. The van der Waals surface area contributed by atoms with E-state index < -0.39 is 11.2 Å². The third-order valence-corrected chi connectivity index (χ3v) is 3.81. The maximum atomic E-state index is 12.3. The number of nitrogens with zero attached hydrogens (tertiary/aromatic N) is 2. The molecule has 1 aromatic heterocycles. The number of aryl methyl sites for hydroxylation is 1. The standard InChI is InChI=1S/C14H15Cl2N3O2/c1-2-6-18-8-12(17)13(20)19(14(18)21)7-9-10(15)4-3-5-11(9)16/h3-5,8H,2,6-7,17H2,1H3. The van der Waals surface area contributed by atoms with Gasteiger partial charge >= 0.3 is 5.69 Å². The Morgan fingerprint density at radius 3 is 2.38 bits per heavy atom. The van der Waals surface area contributed by atoms with Gasteiger partial charge in [-0.25, -0.2) is 4.79 Å². The number of anilines is 1. The zero-order chi connectivity index (χ0) is 15.6. The van der Waals surface area contributed by atoms with Crippen LogP contribution in [0.15, 0.2) is 34.0 Å². The van der Waals surface area contributed by atoms with Crippen LogP contribution in [0.4, 0.5) is 5.69 Å². The Bertz CT molecular complexity index is 761. The average Bonchev–Trinajstić information content (AvgIpc) is 2.44. The number of nitrogen functional groups attached to an aromatic ring is 1. The van der Waals surface area contributed by atoms with E-state index in [0.717, 1.165) is 11.0 Å². The van der Waals surface area contributed by atoms with Crippen LogP contribution in [0.5, 0.6) is 0 Å². The zero-order valence-corrected chi connectivity index (χ0v) is 13.0. The molecule has 0 amide bonds. The van der Waals surface area contributed by atoms with Crippen LogP contribution >= 0.6 is 23.2 Å². The number of aromatic nitrogens is 2. The lowest BCUT2D eigenvalue weighted by atomic mass is 10.2. The van der Waals surface area contributed by atoms with Gasteiger partial charge in [0.25, 0.3) is 5.56 Å². The van der Waals surface area contributed by atoms with E-state index in [9.17, 15) is 9.59 Å². The number of benzene rings is 1. The summed E-state index contributed by atoms with van der Waals surface area (Å²) in [4.78, 5) is 24.5. The van der Waals surface area contributed by atoms with Crippen molar-refractivity contribution in [2.24, 2.45) is 0 Å². The molecule has 0 aliphatic carbocycles. The van der Waals surface area contributed by atoms with Crippen LogP contribution < -0.4 is 17.0 Å². The van der Waals surface area contributed by atoms with Crippen molar-refractivity contribution >= 4 is 28.9 Å². The topological polar surface area (TPSA) is 70.0 Å². The molecule has 7 heteroatoms. The third kappa shape index (κ3) is 3.14. The largest absolute Gasteiger partial charge is 0.393 e. The van der Waals surface area contributed by atoms with Crippen LogP contribution in [-0.4, -0.2) is 9.13 Å². The van der Waals surface area contributed by atoms with Gasteiger partial charge in [0.15, 0.2) is 0 Å². The van der Waals surface area contributed by atoms with Gasteiger partial charge in [0.1, 0.15) is 5.69 Å². The molecule has 0 radical (unpaired) electrons. The van der Waals surface area contributed by atoms with Crippen molar-refractivity contribution < 1.29 is 0 Å². The Morgan fingerprint density at radius 2 is 1.81 bits per heavy atom. The molecule has 0 saturated heterocycles. The highest BCUT2D eigenvalue weighted by Crippen LogP contribution is 2.24. The van der Waals surface area contributed by atoms with E-state index in [-0.39, 0.29) is 12.2 Å². The van der Waals surface area contributed by atoms with E-state index in [1.807, 2.05) is 6.92 Å². The Balaban J connectivity index is 2.59. The van der Waals surface area contributed by atoms with Gasteiger partial charge in [-0.15, -0.1) is 0 Å². The molecule has 0 aliphatic rings. The molecule has 0 unspecified atom stereocenters. The average molecular weight is 328 g/mol. The summed E-state index contributed by atoms with van der Waals surface area (Å²) in [7, 11) is 0. The second kappa shape index (κ2) is 6.37. The van der Waals surface area contributed by atoms with Gasteiger partial charge in [0, 0.05) is 28.4 Å². The lowest BCUT2D eigenvalue weighted by Crippen LogP contribution is -2.41. The van der Waals surface area contributed by atoms with E-state index in [2.05, 4.69) is 0 Å². The smallest absolute Gasteiger partial charge is 0.331 e. The third-order valence-electron chi connectivity index (χ3n) is 3.11. The summed E-state index contributed by atoms with van der Waals surface area (Å²) in [6.45, 7) is 2.41. The van der Waals surface area contributed by atoms with E-state index >= 15 is 0 Å². The maximum Gasteiger partial charge on any atom is 0.331 e.